The molecule has 3 aromatic rings. The molecule has 0 spiro atoms. The first-order valence-corrected chi connectivity index (χ1v) is 7.90. The number of benzene rings is 1. The monoisotopic (exact) mass is 344 g/mol. The third kappa shape index (κ3) is 3.04. The van der Waals surface area contributed by atoms with Crippen LogP contribution in [0.5, 0.6) is 11.5 Å². The summed E-state index contributed by atoms with van der Waals surface area (Å²) in [5.41, 5.74) is 1.48. The van der Waals surface area contributed by atoms with E-state index in [0.29, 0.717) is 27.2 Å². The number of thiazole rings is 1. The summed E-state index contributed by atoms with van der Waals surface area (Å²) in [6.07, 6.45) is 1.58. The van der Waals surface area contributed by atoms with E-state index in [2.05, 4.69) is 27.1 Å². The summed E-state index contributed by atoms with van der Waals surface area (Å²) in [7, 11) is 3.19. The Morgan fingerprint density at radius 2 is 2.04 bits per heavy atom. The van der Waals surface area contributed by atoms with Gasteiger partial charge in [0.15, 0.2) is 16.6 Å². The van der Waals surface area contributed by atoms with E-state index < -0.39 is 0 Å². The number of H-pyrrole nitrogens is 2. The predicted molar refractivity (Wildman–Crippen MR) is 94.9 cm³/mol. The van der Waals surface area contributed by atoms with Crippen molar-refractivity contribution in [3.63, 3.8) is 0 Å². The minimum absolute atomic E-state index is 0.232. The van der Waals surface area contributed by atoms with Crippen LogP contribution in [-0.4, -0.2) is 29.4 Å². The van der Waals surface area contributed by atoms with E-state index in [4.69, 9.17) is 9.47 Å². The maximum absolute atomic E-state index is 11.6. The predicted octanol–water partition coefficient (Wildman–Crippen LogP) is 1.10. The number of hydrogen-bond acceptors (Lipinski definition) is 6. The van der Waals surface area contributed by atoms with Gasteiger partial charge in [0, 0.05) is 17.1 Å². The number of aromatic nitrogens is 3. The lowest BCUT2D eigenvalue weighted by atomic mass is 10.1. The first-order chi connectivity index (χ1) is 11.6. The Hall–Kier alpha value is -3.00. The van der Waals surface area contributed by atoms with Crippen LogP contribution in [0.25, 0.3) is 24.0 Å². The topological polar surface area (TPSA) is 92.0 Å². The molecular weight excluding hydrogens is 328 g/mol. The molecule has 1 aromatic carbocycles. The number of rotatable bonds is 5. The van der Waals surface area contributed by atoms with Crippen molar-refractivity contribution in [1.82, 2.24) is 15.2 Å². The Bertz CT molecular complexity index is 988. The van der Waals surface area contributed by atoms with Crippen molar-refractivity contribution in [3.05, 3.63) is 44.5 Å². The molecule has 0 atom stereocenters. The third-order valence-electron chi connectivity index (χ3n) is 3.42. The fourth-order valence-electron chi connectivity index (χ4n) is 2.16. The highest BCUT2D eigenvalue weighted by molar-refractivity contribution is 7.14. The van der Waals surface area contributed by atoms with Gasteiger partial charge in [0.05, 0.1) is 30.5 Å². The molecule has 0 fully saturated rings. The zero-order chi connectivity index (χ0) is 17.1. The molecule has 2 aromatic heterocycles. The molecule has 2 heterocycles. The first-order valence-electron chi connectivity index (χ1n) is 7.02. The molecule has 0 aliphatic carbocycles. The van der Waals surface area contributed by atoms with Gasteiger partial charge in [-0.3, -0.25) is 15.0 Å². The van der Waals surface area contributed by atoms with Gasteiger partial charge in [0.1, 0.15) is 0 Å². The Morgan fingerprint density at radius 1 is 1.25 bits per heavy atom. The molecule has 0 saturated heterocycles. The number of ether oxygens (including phenoxy) is 2. The van der Waals surface area contributed by atoms with Gasteiger partial charge < -0.3 is 14.8 Å². The number of methoxy groups -OCH3 is 2. The molecule has 3 N–H and O–H groups in total. The van der Waals surface area contributed by atoms with Crippen LogP contribution in [0.15, 0.2) is 28.4 Å². The van der Waals surface area contributed by atoms with Crippen molar-refractivity contribution < 1.29 is 9.47 Å². The van der Waals surface area contributed by atoms with Crippen LogP contribution < -0.4 is 30.9 Å². The van der Waals surface area contributed by atoms with Crippen molar-refractivity contribution in [2.75, 3.05) is 19.5 Å². The van der Waals surface area contributed by atoms with Gasteiger partial charge in [-0.2, -0.15) is 0 Å². The van der Waals surface area contributed by atoms with Gasteiger partial charge in [0.25, 0.3) is 5.56 Å². The van der Waals surface area contributed by atoms with E-state index in [1.807, 2.05) is 23.6 Å². The molecule has 0 saturated carbocycles. The number of hydrogen-bond donors (Lipinski definition) is 3. The second-order valence-corrected chi connectivity index (χ2v) is 5.73. The molecule has 0 aliphatic heterocycles. The molecule has 0 aliphatic rings. The fourth-order valence-corrected chi connectivity index (χ4v) is 2.85. The quantitative estimate of drug-likeness (QED) is 0.645. The minimum atomic E-state index is -0.232. The number of aromatic amines is 2. The molecule has 3 rings (SSSR count). The van der Waals surface area contributed by atoms with Gasteiger partial charge in [-0.1, -0.05) is 6.58 Å². The second-order valence-electron chi connectivity index (χ2n) is 4.87. The van der Waals surface area contributed by atoms with Crippen LogP contribution in [0, 0.1) is 0 Å². The summed E-state index contributed by atoms with van der Waals surface area (Å²) in [6.45, 7) is 3.74. The molecule has 0 unspecified atom stereocenters. The van der Waals surface area contributed by atoms with Crippen LogP contribution in [0.2, 0.25) is 0 Å². The number of nitrogens with one attached hydrogen (secondary N) is 3. The van der Waals surface area contributed by atoms with Gasteiger partial charge in [-0.25, -0.2) is 4.98 Å². The molecule has 7 nitrogen and oxygen atoms in total. The summed E-state index contributed by atoms with van der Waals surface area (Å²) in [4.78, 5) is 16.1. The lowest BCUT2D eigenvalue weighted by molar-refractivity contribution is 0.355. The van der Waals surface area contributed by atoms with Gasteiger partial charge in [-0.15, -0.1) is 11.3 Å². The lowest BCUT2D eigenvalue weighted by Crippen LogP contribution is -2.33. The molecule has 124 valence electrons. The van der Waals surface area contributed by atoms with E-state index >= 15 is 0 Å². The minimum Gasteiger partial charge on any atom is -0.493 e. The zero-order valence-electron chi connectivity index (χ0n) is 13.2. The van der Waals surface area contributed by atoms with Gasteiger partial charge >= 0.3 is 0 Å². The molecule has 24 heavy (non-hydrogen) atoms. The average Bonchev–Trinajstić information content (AvgIpc) is 3.19. The molecule has 0 radical (unpaired) electrons. The first kappa shape index (κ1) is 15.9. The van der Waals surface area contributed by atoms with E-state index in [-0.39, 0.29) is 5.56 Å². The van der Waals surface area contributed by atoms with Crippen molar-refractivity contribution in [3.8, 4) is 22.8 Å². The molecular formula is C16H16N4O3S. The van der Waals surface area contributed by atoms with Crippen molar-refractivity contribution in [2.24, 2.45) is 0 Å². The van der Waals surface area contributed by atoms with Gasteiger partial charge in [0.2, 0.25) is 0 Å². The molecule has 0 amide bonds. The standard InChI is InChI=1S/C16H16N4O3S/c1-9-11(15(21)20-19-9)7-17-16-18-12(8-24-16)10-4-5-13(22-2)14(6-10)23-3/h4-8,19H,1H2,2-3H3,(H,17,18)(H,20,21). The van der Waals surface area contributed by atoms with E-state index in [0.717, 1.165) is 11.3 Å². The molecule has 8 heteroatoms. The fraction of sp³-hybridized carbons (Fsp3) is 0.125. The van der Waals surface area contributed by atoms with Crippen molar-refractivity contribution in [2.45, 2.75) is 0 Å². The van der Waals surface area contributed by atoms with Crippen LogP contribution in [0.3, 0.4) is 0 Å². The summed E-state index contributed by atoms with van der Waals surface area (Å²) in [5, 5.41) is 11.7. The second kappa shape index (κ2) is 6.63. The lowest BCUT2D eigenvalue weighted by Gasteiger charge is -2.08. The average molecular weight is 344 g/mol. The van der Waals surface area contributed by atoms with Crippen molar-refractivity contribution >= 4 is 29.2 Å². The SMILES string of the molecule is C=c1[nH][nH]c(=O)c1=CNc1nc(-c2ccc(OC)c(OC)c2)cs1. The Kier molecular flexibility index (Phi) is 4.39. The van der Waals surface area contributed by atoms with E-state index in [1.54, 1.807) is 20.4 Å². The maximum atomic E-state index is 11.6. The Labute approximate surface area is 141 Å². The highest BCUT2D eigenvalue weighted by atomic mass is 32.1. The largest absolute Gasteiger partial charge is 0.493 e. The Morgan fingerprint density at radius 3 is 2.71 bits per heavy atom. The van der Waals surface area contributed by atoms with E-state index in [1.165, 1.54) is 11.3 Å². The maximum Gasteiger partial charge on any atom is 0.273 e. The Balaban J connectivity index is 1.87. The zero-order valence-corrected chi connectivity index (χ0v) is 14.0. The van der Waals surface area contributed by atoms with Crippen molar-refractivity contribution in [1.29, 1.82) is 0 Å². The highest BCUT2D eigenvalue weighted by Crippen LogP contribution is 2.33. The van der Waals surface area contributed by atoms with Crippen LogP contribution in [-0.2, 0) is 0 Å². The van der Waals surface area contributed by atoms with Gasteiger partial charge in [-0.05, 0) is 18.2 Å². The summed E-state index contributed by atoms with van der Waals surface area (Å²) in [5.74, 6) is 1.31. The third-order valence-corrected chi connectivity index (χ3v) is 4.19. The summed E-state index contributed by atoms with van der Waals surface area (Å²) in [6, 6.07) is 5.61. The highest BCUT2D eigenvalue weighted by Gasteiger charge is 2.09. The van der Waals surface area contributed by atoms with E-state index in [9.17, 15) is 4.79 Å². The van der Waals surface area contributed by atoms with Crippen LogP contribution >= 0.6 is 11.3 Å². The molecule has 0 bridgehead atoms. The summed E-state index contributed by atoms with van der Waals surface area (Å²) < 4.78 is 10.5. The normalized spacial score (nSPS) is 11.5. The summed E-state index contributed by atoms with van der Waals surface area (Å²) >= 11 is 1.43. The smallest absolute Gasteiger partial charge is 0.273 e. The van der Waals surface area contributed by atoms with Crippen LogP contribution in [0.4, 0.5) is 5.13 Å². The van der Waals surface area contributed by atoms with Crippen LogP contribution in [0.1, 0.15) is 0 Å². The number of nitrogens with zero attached hydrogens (tertiary/aromatic N) is 1. The number of anilines is 1.